The van der Waals surface area contributed by atoms with Gasteiger partial charge < -0.3 is 15.2 Å². The monoisotopic (exact) mass is 364 g/mol. The summed E-state index contributed by atoms with van der Waals surface area (Å²) in [5.41, 5.74) is 2.01. The van der Waals surface area contributed by atoms with E-state index in [-0.39, 0.29) is 6.42 Å². The first-order chi connectivity index (χ1) is 13.0. The molecule has 0 amide bonds. The normalized spacial score (nSPS) is 17.6. The van der Waals surface area contributed by atoms with Gasteiger partial charge in [0.2, 0.25) is 0 Å². The maximum Gasteiger partial charge on any atom is 0.303 e. The van der Waals surface area contributed by atoms with Crippen molar-refractivity contribution in [2.45, 2.75) is 25.4 Å². The van der Waals surface area contributed by atoms with Crippen LogP contribution in [0.3, 0.4) is 0 Å². The fourth-order valence-electron chi connectivity index (χ4n) is 3.36. The molecule has 1 atom stereocenters. The number of hydrogen-bond acceptors (Lipinski definition) is 5. The van der Waals surface area contributed by atoms with Crippen LogP contribution in [0.1, 0.15) is 19.8 Å². The highest BCUT2D eigenvalue weighted by atomic mass is 16.5. The number of aromatic nitrogens is 3. The zero-order valence-corrected chi connectivity index (χ0v) is 15.1. The van der Waals surface area contributed by atoms with Gasteiger partial charge in [-0.15, -0.1) is 5.10 Å². The van der Waals surface area contributed by atoms with Crippen molar-refractivity contribution in [3.8, 4) is 28.5 Å². The second-order valence-electron chi connectivity index (χ2n) is 6.74. The van der Waals surface area contributed by atoms with Crippen LogP contribution >= 0.6 is 0 Å². The molecule has 3 aromatic rings. The summed E-state index contributed by atoms with van der Waals surface area (Å²) in [6.07, 6.45) is 0.407. The number of ether oxygens (including phenoxy) is 1. The van der Waals surface area contributed by atoms with Crippen LogP contribution in [0.2, 0.25) is 0 Å². The van der Waals surface area contributed by atoms with Crippen molar-refractivity contribution in [1.82, 2.24) is 14.8 Å². The number of fused-ring (bicyclic) bond motifs is 3. The van der Waals surface area contributed by atoms with Crippen molar-refractivity contribution in [2.24, 2.45) is 0 Å². The molecule has 0 saturated carbocycles. The number of para-hydroxylation sites is 1. The van der Waals surface area contributed by atoms with E-state index in [1.807, 2.05) is 55.5 Å². The molecule has 2 aromatic carbocycles. The SMILES string of the molecule is COc1cccc(-c2nc3n(n2)[C@](C)(CCC(=O)O)Nc2ccccc2-3)c1. The molecule has 1 aliphatic rings. The summed E-state index contributed by atoms with van der Waals surface area (Å²) in [7, 11) is 1.62. The number of nitrogens with one attached hydrogen (secondary N) is 1. The van der Waals surface area contributed by atoms with E-state index in [0.29, 0.717) is 12.2 Å². The lowest BCUT2D eigenvalue weighted by Crippen LogP contribution is -2.43. The lowest BCUT2D eigenvalue weighted by atomic mass is 10.00. The zero-order chi connectivity index (χ0) is 19.0. The summed E-state index contributed by atoms with van der Waals surface area (Å²) in [5.74, 6) is 1.18. The van der Waals surface area contributed by atoms with E-state index in [0.717, 1.165) is 28.4 Å². The van der Waals surface area contributed by atoms with Gasteiger partial charge >= 0.3 is 5.97 Å². The van der Waals surface area contributed by atoms with E-state index >= 15 is 0 Å². The van der Waals surface area contributed by atoms with Gasteiger partial charge in [0.05, 0.1) is 7.11 Å². The molecule has 2 heterocycles. The third kappa shape index (κ3) is 3.01. The highest BCUT2D eigenvalue weighted by molar-refractivity contribution is 5.78. The van der Waals surface area contributed by atoms with Crippen molar-refractivity contribution in [3.05, 3.63) is 48.5 Å². The summed E-state index contributed by atoms with van der Waals surface area (Å²) in [6.45, 7) is 1.94. The number of carboxylic acids is 1. The fourth-order valence-corrected chi connectivity index (χ4v) is 3.36. The smallest absolute Gasteiger partial charge is 0.303 e. The molecule has 0 aliphatic carbocycles. The number of carbonyl (C=O) groups is 1. The van der Waals surface area contributed by atoms with Gasteiger partial charge in [0.15, 0.2) is 11.6 Å². The van der Waals surface area contributed by atoms with Crippen molar-refractivity contribution >= 4 is 11.7 Å². The van der Waals surface area contributed by atoms with Crippen LogP contribution in [0.15, 0.2) is 48.5 Å². The molecule has 1 aliphatic heterocycles. The first-order valence-electron chi connectivity index (χ1n) is 8.71. The standard InChI is InChI=1S/C20H20N4O3/c1-20(11-10-17(25)26)22-16-9-4-3-8-15(16)19-21-18(23-24(19)20)13-6-5-7-14(12-13)27-2/h3-9,12,22H,10-11H2,1-2H3,(H,25,26)/t20-/m1/s1. The molecule has 0 fully saturated rings. The number of anilines is 1. The van der Waals surface area contributed by atoms with Crippen LogP contribution in [0.4, 0.5) is 5.69 Å². The molecule has 27 heavy (non-hydrogen) atoms. The Balaban J connectivity index is 1.85. The van der Waals surface area contributed by atoms with Crippen LogP contribution in [0.5, 0.6) is 5.75 Å². The van der Waals surface area contributed by atoms with Crippen LogP contribution < -0.4 is 10.1 Å². The Morgan fingerprint density at radius 3 is 2.85 bits per heavy atom. The number of methoxy groups -OCH3 is 1. The molecule has 1 aromatic heterocycles. The highest BCUT2D eigenvalue weighted by Gasteiger charge is 2.37. The number of carboxylic acid groups (broad SMARTS) is 1. The lowest BCUT2D eigenvalue weighted by molar-refractivity contribution is -0.137. The summed E-state index contributed by atoms with van der Waals surface area (Å²) in [6, 6.07) is 15.4. The van der Waals surface area contributed by atoms with Crippen molar-refractivity contribution in [1.29, 1.82) is 0 Å². The predicted octanol–water partition coefficient (Wildman–Crippen LogP) is 3.58. The first kappa shape index (κ1) is 17.1. The molecule has 2 N–H and O–H groups in total. The van der Waals surface area contributed by atoms with E-state index in [1.54, 1.807) is 11.8 Å². The van der Waals surface area contributed by atoms with E-state index < -0.39 is 11.6 Å². The largest absolute Gasteiger partial charge is 0.497 e. The molecule has 7 heteroatoms. The van der Waals surface area contributed by atoms with Gasteiger partial charge in [0.1, 0.15) is 11.4 Å². The molecule has 0 radical (unpaired) electrons. The minimum Gasteiger partial charge on any atom is -0.497 e. The number of rotatable bonds is 5. The Labute approximate surface area is 156 Å². The second kappa shape index (κ2) is 6.42. The fraction of sp³-hybridized carbons (Fsp3) is 0.250. The van der Waals surface area contributed by atoms with Crippen molar-refractivity contribution in [3.63, 3.8) is 0 Å². The van der Waals surface area contributed by atoms with Crippen LogP contribution in [0, 0.1) is 0 Å². The van der Waals surface area contributed by atoms with E-state index in [1.165, 1.54) is 0 Å². The second-order valence-corrected chi connectivity index (χ2v) is 6.74. The Bertz CT molecular complexity index is 1010. The van der Waals surface area contributed by atoms with Gasteiger partial charge in [-0.3, -0.25) is 4.79 Å². The van der Waals surface area contributed by atoms with Gasteiger partial charge in [0, 0.05) is 29.7 Å². The summed E-state index contributed by atoms with van der Waals surface area (Å²) in [5, 5.41) is 17.3. The van der Waals surface area contributed by atoms with Crippen molar-refractivity contribution in [2.75, 3.05) is 12.4 Å². The summed E-state index contributed by atoms with van der Waals surface area (Å²) < 4.78 is 7.10. The van der Waals surface area contributed by atoms with Crippen LogP contribution in [-0.2, 0) is 10.5 Å². The number of hydrogen-bond donors (Lipinski definition) is 2. The van der Waals surface area contributed by atoms with Gasteiger partial charge in [-0.05, 0) is 31.2 Å². The minimum absolute atomic E-state index is 0.0272. The average Bonchev–Trinajstić information content (AvgIpc) is 3.14. The minimum atomic E-state index is -0.841. The van der Waals surface area contributed by atoms with E-state index in [2.05, 4.69) is 5.32 Å². The third-order valence-corrected chi connectivity index (χ3v) is 4.80. The van der Waals surface area contributed by atoms with E-state index in [4.69, 9.17) is 19.9 Å². The Morgan fingerprint density at radius 1 is 1.26 bits per heavy atom. The van der Waals surface area contributed by atoms with Gasteiger partial charge in [0.25, 0.3) is 0 Å². The molecule has 4 rings (SSSR count). The first-order valence-corrected chi connectivity index (χ1v) is 8.71. The van der Waals surface area contributed by atoms with Gasteiger partial charge in [-0.1, -0.05) is 24.3 Å². The molecule has 0 saturated heterocycles. The molecule has 0 spiro atoms. The molecular weight excluding hydrogens is 344 g/mol. The quantitative estimate of drug-likeness (QED) is 0.719. The number of nitrogens with zero attached hydrogens (tertiary/aromatic N) is 3. The topological polar surface area (TPSA) is 89.3 Å². The van der Waals surface area contributed by atoms with Crippen LogP contribution in [0.25, 0.3) is 22.8 Å². The molecule has 138 valence electrons. The summed E-state index contributed by atoms with van der Waals surface area (Å²) >= 11 is 0. The third-order valence-electron chi connectivity index (χ3n) is 4.80. The maximum absolute atomic E-state index is 11.2. The number of aliphatic carboxylic acids is 1. The number of benzene rings is 2. The molecule has 0 bridgehead atoms. The van der Waals surface area contributed by atoms with E-state index in [9.17, 15) is 4.79 Å². The van der Waals surface area contributed by atoms with Gasteiger partial charge in [-0.2, -0.15) is 0 Å². The molecule has 7 nitrogen and oxygen atoms in total. The Morgan fingerprint density at radius 2 is 2.07 bits per heavy atom. The molecular formula is C20H20N4O3. The van der Waals surface area contributed by atoms with Gasteiger partial charge in [-0.25, -0.2) is 9.67 Å². The average molecular weight is 364 g/mol. The Hall–Kier alpha value is -3.35. The lowest BCUT2D eigenvalue weighted by Gasteiger charge is -2.37. The maximum atomic E-state index is 11.2. The predicted molar refractivity (Wildman–Crippen MR) is 102 cm³/mol. The van der Waals surface area contributed by atoms with Crippen molar-refractivity contribution < 1.29 is 14.6 Å². The Kier molecular flexibility index (Phi) is 4.07. The summed E-state index contributed by atoms with van der Waals surface area (Å²) in [4.78, 5) is 15.9. The zero-order valence-electron chi connectivity index (χ0n) is 15.1. The molecule has 0 unspecified atom stereocenters. The van der Waals surface area contributed by atoms with Crippen LogP contribution in [-0.4, -0.2) is 33.0 Å². The highest BCUT2D eigenvalue weighted by Crippen LogP contribution is 2.40.